The van der Waals surface area contributed by atoms with E-state index in [0.29, 0.717) is 19.5 Å². The maximum atomic E-state index is 12.6. The molecule has 1 heterocycles. The Labute approximate surface area is 119 Å². The summed E-state index contributed by atoms with van der Waals surface area (Å²) < 4.78 is 26.3. The number of rotatable bonds is 3. The molecule has 1 aromatic carbocycles. The number of nitrogens with zero attached hydrogens (tertiary/aromatic N) is 1. The summed E-state index contributed by atoms with van der Waals surface area (Å²) in [6.07, 6.45) is 0.609. The Morgan fingerprint density at radius 1 is 1.40 bits per heavy atom. The van der Waals surface area contributed by atoms with Gasteiger partial charge in [-0.25, -0.2) is 8.42 Å². The zero-order valence-corrected chi connectivity index (χ0v) is 12.2. The number of benzene rings is 1. The number of hydrogen-bond acceptors (Lipinski definition) is 4. The molecular weight excluding hydrogens is 278 g/mol. The Bertz CT molecular complexity index is 599. The minimum absolute atomic E-state index is 0.134. The number of nitrogens with one attached hydrogen (secondary N) is 1. The van der Waals surface area contributed by atoms with Crippen molar-refractivity contribution in [3.63, 3.8) is 0 Å². The molecule has 0 aromatic heterocycles. The van der Waals surface area contributed by atoms with Crippen LogP contribution in [0.25, 0.3) is 0 Å². The molecule has 1 aliphatic heterocycles. The first-order valence-corrected chi connectivity index (χ1v) is 7.97. The van der Waals surface area contributed by atoms with Gasteiger partial charge in [-0.15, -0.1) is 0 Å². The second kappa shape index (κ2) is 5.90. The van der Waals surface area contributed by atoms with E-state index in [1.165, 1.54) is 10.4 Å². The summed E-state index contributed by atoms with van der Waals surface area (Å²) in [4.78, 5) is 11.7. The van der Waals surface area contributed by atoms with Crippen LogP contribution < -0.4 is 11.1 Å². The van der Waals surface area contributed by atoms with Crippen LogP contribution in [0.5, 0.6) is 0 Å². The van der Waals surface area contributed by atoms with Gasteiger partial charge in [0.15, 0.2) is 0 Å². The first-order valence-electron chi connectivity index (χ1n) is 6.53. The fourth-order valence-electron chi connectivity index (χ4n) is 2.09. The Kier molecular flexibility index (Phi) is 4.42. The van der Waals surface area contributed by atoms with Crippen LogP contribution in [0.3, 0.4) is 0 Å². The highest BCUT2D eigenvalue weighted by atomic mass is 32.2. The van der Waals surface area contributed by atoms with Crippen LogP contribution >= 0.6 is 0 Å². The second-order valence-corrected chi connectivity index (χ2v) is 6.84. The van der Waals surface area contributed by atoms with Crippen LogP contribution in [0.15, 0.2) is 29.2 Å². The summed E-state index contributed by atoms with van der Waals surface area (Å²) in [6.45, 7) is 2.50. The highest BCUT2D eigenvalue weighted by Crippen LogP contribution is 2.20. The molecule has 1 aromatic rings. The third-order valence-electron chi connectivity index (χ3n) is 3.25. The fourth-order valence-corrected chi connectivity index (χ4v) is 3.58. The summed E-state index contributed by atoms with van der Waals surface area (Å²) >= 11 is 0. The molecule has 2 rings (SSSR count). The van der Waals surface area contributed by atoms with Gasteiger partial charge in [-0.1, -0.05) is 12.1 Å². The van der Waals surface area contributed by atoms with Gasteiger partial charge in [-0.05, 0) is 31.0 Å². The van der Waals surface area contributed by atoms with Gasteiger partial charge in [-0.3, -0.25) is 4.79 Å². The molecule has 1 unspecified atom stereocenters. The number of sulfonamides is 1. The van der Waals surface area contributed by atoms with Crippen LogP contribution in [-0.2, 0) is 14.8 Å². The van der Waals surface area contributed by atoms with E-state index in [1.54, 1.807) is 25.1 Å². The predicted molar refractivity (Wildman–Crippen MR) is 75.4 cm³/mol. The van der Waals surface area contributed by atoms with Crippen molar-refractivity contribution in [3.05, 3.63) is 29.8 Å². The number of nitrogens with two attached hydrogens (primary N) is 1. The van der Waals surface area contributed by atoms with Gasteiger partial charge in [0, 0.05) is 19.1 Å². The van der Waals surface area contributed by atoms with E-state index < -0.39 is 10.0 Å². The normalized spacial score (nSPS) is 19.2. The van der Waals surface area contributed by atoms with Gasteiger partial charge in [-0.2, -0.15) is 4.31 Å². The third-order valence-corrected chi connectivity index (χ3v) is 5.09. The van der Waals surface area contributed by atoms with Crippen molar-refractivity contribution in [2.75, 3.05) is 19.6 Å². The molecule has 0 aliphatic carbocycles. The fraction of sp³-hybridized carbons (Fsp3) is 0.462. The van der Waals surface area contributed by atoms with Crippen LogP contribution in [0.2, 0.25) is 0 Å². The highest BCUT2D eigenvalue weighted by molar-refractivity contribution is 7.89. The summed E-state index contributed by atoms with van der Waals surface area (Å²) in [5, 5.41) is 2.66. The lowest BCUT2D eigenvalue weighted by atomic mass is 10.1. The van der Waals surface area contributed by atoms with E-state index in [-0.39, 0.29) is 23.4 Å². The summed E-state index contributed by atoms with van der Waals surface area (Å²) in [7, 11) is -3.66. The molecule has 1 fully saturated rings. The lowest BCUT2D eigenvalue weighted by Gasteiger charge is -2.19. The lowest BCUT2D eigenvalue weighted by molar-refractivity contribution is -0.120. The van der Waals surface area contributed by atoms with Crippen molar-refractivity contribution in [1.29, 1.82) is 0 Å². The van der Waals surface area contributed by atoms with E-state index >= 15 is 0 Å². The van der Waals surface area contributed by atoms with Gasteiger partial charge in [0.05, 0.1) is 11.4 Å². The van der Waals surface area contributed by atoms with Crippen LogP contribution in [0.4, 0.5) is 0 Å². The first-order chi connectivity index (χ1) is 9.41. The standard InChI is InChI=1S/C13H19N3O3S/c1-10(14)11-4-2-5-12(8-11)20(18,19)16-7-3-6-15-13(17)9-16/h2,4-5,8,10H,3,6-7,9,14H2,1H3,(H,15,17). The second-order valence-electron chi connectivity index (χ2n) is 4.90. The zero-order chi connectivity index (χ0) is 14.8. The van der Waals surface area contributed by atoms with E-state index in [4.69, 9.17) is 5.73 Å². The largest absolute Gasteiger partial charge is 0.355 e. The molecule has 1 amide bonds. The average Bonchev–Trinajstić information content (AvgIpc) is 2.64. The molecule has 3 N–H and O–H groups in total. The summed E-state index contributed by atoms with van der Waals surface area (Å²) in [5.41, 5.74) is 6.53. The molecule has 0 saturated carbocycles. The van der Waals surface area contributed by atoms with Gasteiger partial charge in [0.25, 0.3) is 0 Å². The van der Waals surface area contributed by atoms with Gasteiger partial charge in [0.2, 0.25) is 15.9 Å². The summed E-state index contributed by atoms with van der Waals surface area (Å²) in [5.74, 6) is -0.269. The SMILES string of the molecule is CC(N)c1cccc(S(=O)(=O)N2CCCNC(=O)C2)c1. The van der Waals surface area contributed by atoms with Crippen molar-refractivity contribution in [3.8, 4) is 0 Å². The minimum atomic E-state index is -3.66. The van der Waals surface area contributed by atoms with E-state index in [0.717, 1.165) is 5.56 Å². The minimum Gasteiger partial charge on any atom is -0.355 e. The Morgan fingerprint density at radius 3 is 2.85 bits per heavy atom. The van der Waals surface area contributed by atoms with E-state index in [1.807, 2.05) is 0 Å². The van der Waals surface area contributed by atoms with Gasteiger partial charge >= 0.3 is 0 Å². The van der Waals surface area contributed by atoms with Crippen LogP contribution in [-0.4, -0.2) is 38.3 Å². The molecule has 110 valence electrons. The Morgan fingerprint density at radius 2 is 2.15 bits per heavy atom. The molecule has 1 aliphatic rings. The van der Waals surface area contributed by atoms with Crippen molar-refractivity contribution in [1.82, 2.24) is 9.62 Å². The molecule has 0 radical (unpaired) electrons. The third kappa shape index (κ3) is 3.17. The zero-order valence-electron chi connectivity index (χ0n) is 11.4. The Balaban J connectivity index is 2.33. The summed E-state index contributed by atoms with van der Waals surface area (Å²) in [6, 6.07) is 6.33. The highest BCUT2D eigenvalue weighted by Gasteiger charge is 2.28. The molecule has 7 heteroatoms. The topological polar surface area (TPSA) is 92.5 Å². The molecule has 0 bridgehead atoms. The van der Waals surface area contributed by atoms with E-state index in [2.05, 4.69) is 5.32 Å². The van der Waals surface area contributed by atoms with E-state index in [9.17, 15) is 13.2 Å². The number of carbonyl (C=O) groups excluding carboxylic acids is 1. The maximum absolute atomic E-state index is 12.6. The molecule has 1 atom stereocenters. The van der Waals surface area contributed by atoms with Crippen LogP contribution in [0.1, 0.15) is 24.9 Å². The molecule has 20 heavy (non-hydrogen) atoms. The maximum Gasteiger partial charge on any atom is 0.243 e. The van der Waals surface area contributed by atoms with Crippen molar-refractivity contribution in [2.45, 2.75) is 24.3 Å². The first kappa shape index (κ1) is 15.0. The lowest BCUT2D eigenvalue weighted by Crippen LogP contribution is -2.37. The molecule has 1 saturated heterocycles. The molecular formula is C13H19N3O3S. The number of amides is 1. The number of carbonyl (C=O) groups is 1. The van der Waals surface area contributed by atoms with Crippen molar-refractivity contribution in [2.24, 2.45) is 5.73 Å². The predicted octanol–water partition coefficient (Wildman–Crippen LogP) is 0.217. The van der Waals surface area contributed by atoms with Crippen molar-refractivity contribution < 1.29 is 13.2 Å². The average molecular weight is 297 g/mol. The monoisotopic (exact) mass is 297 g/mol. The smallest absolute Gasteiger partial charge is 0.243 e. The van der Waals surface area contributed by atoms with Gasteiger partial charge < -0.3 is 11.1 Å². The van der Waals surface area contributed by atoms with Crippen molar-refractivity contribution >= 4 is 15.9 Å². The Hall–Kier alpha value is -1.44. The molecule has 6 nitrogen and oxygen atoms in total. The van der Waals surface area contributed by atoms with Crippen LogP contribution in [0, 0.1) is 0 Å². The quantitative estimate of drug-likeness (QED) is 0.834. The molecule has 0 spiro atoms. The number of hydrogen-bond donors (Lipinski definition) is 2. The van der Waals surface area contributed by atoms with Gasteiger partial charge in [0.1, 0.15) is 0 Å².